The first-order valence-electron chi connectivity index (χ1n) is 11.7. The summed E-state index contributed by atoms with van der Waals surface area (Å²) in [7, 11) is 5.36. The van der Waals surface area contributed by atoms with Crippen LogP contribution in [0.4, 0.5) is 23.0 Å². The first-order valence-corrected chi connectivity index (χ1v) is 11.7. The van der Waals surface area contributed by atoms with Crippen LogP contribution in [0.3, 0.4) is 0 Å². The van der Waals surface area contributed by atoms with Crippen molar-refractivity contribution in [1.82, 2.24) is 24.8 Å². The van der Waals surface area contributed by atoms with E-state index in [2.05, 4.69) is 37.5 Å². The number of aromatic nitrogens is 4. The zero-order chi connectivity index (χ0) is 26.5. The van der Waals surface area contributed by atoms with E-state index in [1.807, 2.05) is 50.2 Å². The molecule has 0 saturated carbocycles. The Hall–Kier alpha value is -4.64. The summed E-state index contributed by atoms with van der Waals surface area (Å²) in [6, 6.07) is 11.0. The second-order valence-electron chi connectivity index (χ2n) is 8.44. The lowest BCUT2D eigenvalue weighted by molar-refractivity contribution is -0.111. The number of H-pyrrole nitrogens is 1. The minimum absolute atomic E-state index is 0.251. The monoisotopic (exact) mass is 502 g/mol. The van der Waals surface area contributed by atoms with Gasteiger partial charge in [0, 0.05) is 38.5 Å². The molecular formula is C26H30N8O3. The van der Waals surface area contributed by atoms with Gasteiger partial charge in [-0.1, -0.05) is 12.6 Å². The van der Waals surface area contributed by atoms with E-state index in [9.17, 15) is 9.59 Å². The van der Waals surface area contributed by atoms with Crippen LogP contribution in [-0.2, 0) is 4.79 Å². The molecule has 0 aliphatic carbocycles. The van der Waals surface area contributed by atoms with Crippen molar-refractivity contribution in [2.75, 3.05) is 49.8 Å². The number of carbonyl (C=O) groups excluding carboxylic acids is 1. The molecule has 11 nitrogen and oxygen atoms in total. The summed E-state index contributed by atoms with van der Waals surface area (Å²) in [5, 5.41) is 9.13. The van der Waals surface area contributed by atoms with Crippen LogP contribution in [0.1, 0.15) is 5.56 Å². The molecule has 37 heavy (non-hydrogen) atoms. The molecule has 0 saturated heterocycles. The van der Waals surface area contributed by atoms with E-state index in [4.69, 9.17) is 4.74 Å². The Kier molecular flexibility index (Phi) is 7.54. The number of ether oxygens (including phenoxy) is 1. The highest BCUT2D eigenvalue weighted by molar-refractivity contribution is 6.02. The van der Waals surface area contributed by atoms with Gasteiger partial charge in [-0.2, -0.15) is 4.98 Å². The number of carbonyl (C=O) groups is 1. The predicted octanol–water partition coefficient (Wildman–Crippen LogP) is 2.95. The van der Waals surface area contributed by atoms with Gasteiger partial charge >= 0.3 is 5.69 Å². The van der Waals surface area contributed by atoms with Crippen LogP contribution in [-0.4, -0.2) is 59.7 Å². The van der Waals surface area contributed by atoms with Gasteiger partial charge in [-0.05, 0) is 43.8 Å². The Morgan fingerprint density at radius 1 is 1.24 bits per heavy atom. The quantitative estimate of drug-likeness (QED) is 0.244. The molecule has 0 aliphatic rings. The largest absolute Gasteiger partial charge is 0.494 e. The molecule has 0 unspecified atom stereocenters. The third-order valence-electron chi connectivity index (χ3n) is 5.82. The number of methoxy groups -OCH3 is 1. The molecule has 1 amide bonds. The third-order valence-corrected chi connectivity index (χ3v) is 5.82. The lowest BCUT2D eigenvalue weighted by Gasteiger charge is -2.24. The Balaban J connectivity index is 1.73. The number of nitrogens with zero attached hydrogens (tertiary/aromatic N) is 4. The highest BCUT2D eigenvalue weighted by Crippen LogP contribution is 2.37. The highest BCUT2D eigenvalue weighted by Gasteiger charge is 2.17. The Bertz CT molecular complexity index is 1510. The minimum atomic E-state index is -0.341. The number of aryl methyl sites for hydroxylation is 1. The van der Waals surface area contributed by atoms with E-state index in [1.54, 1.807) is 25.4 Å². The van der Waals surface area contributed by atoms with Crippen molar-refractivity contribution in [2.45, 2.75) is 6.92 Å². The number of nitrogens with one attached hydrogen (secondary N) is 4. The summed E-state index contributed by atoms with van der Waals surface area (Å²) in [4.78, 5) is 38.6. The second kappa shape index (κ2) is 11.0. The fourth-order valence-electron chi connectivity index (χ4n) is 3.94. The van der Waals surface area contributed by atoms with Gasteiger partial charge in [0.25, 0.3) is 0 Å². The van der Waals surface area contributed by atoms with Crippen molar-refractivity contribution in [3.05, 3.63) is 71.3 Å². The van der Waals surface area contributed by atoms with Crippen LogP contribution >= 0.6 is 0 Å². The molecule has 0 bridgehead atoms. The minimum Gasteiger partial charge on any atom is -0.494 e. The number of amides is 1. The molecule has 4 aromatic rings. The summed E-state index contributed by atoms with van der Waals surface area (Å²) >= 11 is 0. The number of aromatic amines is 1. The number of fused-ring (bicyclic) bond motifs is 1. The van der Waals surface area contributed by atoms with Gasteiger partial charge in [-0.15, -0.1) is 0 Å². The number of benzene rings is 2. The maximum absolute atomic E-state index is 12.7. The van der Waals surface area contributed by atoms with Crippen LogP contribution in [0.2, 0.25) is 0 Å². The summed E-state index contributed by atoms with van der Waals surface area (Å²) in [6.07, 6.45) is 2.78. The Labute approximate surface area is 214 Å². The maximum Gasteiger partial charge on any atom is 0.332 e. The molecule has 0 radical (unpaired) electrons. The number of likely N-dealkylation sites (N-methyl/N-ethyl adjacent to an activating group) is 2. The summed E-state index contributed by atoms with van der Waals surface area (Å²) in [5.74, 6) is 0.838. The standard InChI is InChI=1S/C26H30N8O3/c1-6-24(35)29-18-14-19(22(37-5)15-21(18)33(4)12-11-27-3)30-25-28-10-9-23(32-25)34-20-8-7-16(2)13-17(20)31-26(34)36/h6-10,13-15,27H,1,11-12H2,2-5H3,(H,29,35)(H,31,36)(H,28,30,32). The summed E-state index contributed by atoms with van der Waals surface area (Å²) in [6.45, 7) is 6.96. The average Bonchev–Trinajstić information content (AvgIpc) is 3.22. The highest BCUT2D eigenvalue weighted by atomic mass is 16.5. The van der Waals surface area contributed by atoms with E-state index < -0.39 is 0 Å². The lowest BCUT2D eigenvalue weighted by atomic mass is 10.2. The second-order valence-corrected chi connectivity index (χ2v) is 8.44. The van der Waals surface area contributed by atoms with Crippen molar-refractivity contribution in [3.63, 3.8) is 0 Å². The molecule has 2 aromatic heterocycles. The van der Waals surface area contributed by atoms with Gasteiger partial charge in [0.15, 0.2) is 0 Å². The van der Waals surface area contributed by atoms with Crippen molar-refractivity contribution in [3.8, 4) is 11.6 Å². The molecule has 0 aliphatic heterocycles. The van der Waals surface area contributed by atoms with Gasteiger partial charge < -0.3 is 30.6 Å². The van der Waals surface area contributed by atoms with Gasteiger partial charge in [0.05, 0.1) is 35.2 Å². The third kappa shape index (κ3) is 5.46. The Morgan fingerprint density at radius 2 is 2.05 bits per heavy atom. The molecule has 0 atom stereocenters. The zero-order valence-electron chi connectivity index (χ0n) is 21.3. The van der Waals surface area contributed by atoms with E-state index in [-0.39, 0.29) is 17.5 Å². The van der Waals surface area contributed by atoms with Crippen molar-refractivity contribution in [1.29, 1.82) is 0 Å². The molecule has 4 rings (SSSR count). The van der Waals surface area contributed by atoms with Crippen molar-refractivity contribution < 1.29 is 9.53 Å². The number of anilines is 4. The Morgan fingerprint density at radius 3 is 2.78 bits per heavy atom. The fraction of sp³-hybridized carbons (Fsp3) is 0.231. The molecule has 0 spiro atoms. The first kappa shape index (κ1) is 25.5. The van der Waals surface area contributed by atoms with E-state index in [0.29, 0.717) is 35.0 Å². The SMILES string of the molecule is C=CC(=O)Nc1cc(Nc2nccc(-n3c(=O)[nH]c4cc(C)ccc43)n2)c(OC)cc1N(C)CCNC. The first-order chi connectivity index (χ1) is 17.8. The molecule has 4 N–H and O–H groups in total. The van der Waals surface area contributed by atoms with Crippen LogP contribution in [0, 0.1) is 6.92 Å². The number of hydrogen-bond donors (Lipinski definition) is 4. The van der Waals surface area contributed by atoms with Gasteiger partial charge in [0.1, 0.15) is 11.6 Å². The lowest BCUT2D eigenvalue weighted by Crippen LogP contribution is -2.28. The van der Waals surface area contributed by atoms with Gasteiger partial charge in [0.2, 0.25) is 11.9 Å². The van der Waals surface area contributed by atoms with Gasteiger partial charge in [-0.3, -0.25) is 4.79 Å². The molecule has 192 valence electrons. The normalized spacial score (nSPS) is 10.8. The van der Waals surface area contributed by atoms with E-state index in [1.165, 1.54) is 10.6 Å². The molecular weight excluding hydrogens is 472 g/mol. The van der Waals surface area contributed by atoms with Crippen LogP contribution < -0.4 is 31.3 Å². The summed E-state index contributed by atoms with van der Waals surface area (Å²) in [5.41, 5.74) is 4.03. The molecule has 2 aromatic carbocycles. The maximum atomic E-state index is 12.7. The van der Waals surface area contributed by atoms with Crippen LogP contribution in [0.15, 0.2) is 60.0 Å². The van der Waals surface area contributed by atoms with Crippen molar-refractivity contribution >= 4 is 40.0 Å². The number of imidazole rings is 1. The summed E-state index contributed by atoms with van der Waals surface area (Å²) < 4.78 is 7.13. The number of rotatable bonds is 10. The van der Waals surface area contributed by atoms with E-state index >= 15 is 0 Å². The molecule has 2 heterocycles. The average molecular weight is 503 g/mol. The molecule has 11 heteroatoms. The van der Waals surface area contributed by atoms with Crippen LogP contribution in [0.25, 0.3) is 16.9 Å². The topological polar surface area (TPSA) is 129 Å². The van der Waals surface area contributed by atoms with Gasteiger partial charge in [-0.25, -0.2) is 14.3 Å². The fourth-order valence-corrected chi connectivity index (χ4v) is 3.94. The zero-order valence-corrected chi connectivity index (χ0v) is 21.3. The van der Waals surface area contributed by atoms with Crippen molar-refractivity contribution in [2.24, 2.45) is 0 Å². The van der Waals surface area contributed by atoms with E-state index in [0.717, 1.165) is 23.3 Å². The smallest absolute Gasteiger partial charge is 0.332 e. The predicted molar refractivity (Wildman–Crippen MR) is 147 cm³/mol. The van der Waals surface area contributed by atoms with Crippen LogP contribution in [0.5, 0.6) is 5.75 Å². The molecule has 0 fully saturated rings. The number of hydrogen-bond acceptors (Lipinski definition) is 8.